The number of benzene rings is 1. The van der Waals surface area contributed by atoms with Crippen molar-refractivity contribution in [3.63, 3.8) is 0 Å². The lowest BCUT2D eigenvalue weighted by atomic mass is 9.82. The first-order valence-electron chi connectivity index (χ1n) is 6.38. The molecule has 1 saturated carbocycles. The van der Waals surface area contributed by atoms with Crippen LogP contribution >= 0.6 is 11.8 Å². The molecule has 2 aromatic rings. The molecule has 0 N–H and O–H groups in total. The van der Waals surface area contributed by atoms with Crippen molar-refractivity contribution in [2.24, 2.45) is 0 Å². The summed E-state index contributed by atoms with van der Waals surface area (Å²) < 4.78 is 1.83. The van der Waals surface area contributed by atoms with Crippen LogP contribution in [-0.4, -0.2) is 27.5 Å². The lowest BCUT2D eigenvalue weighted by Gasteiger charge is -2.26. The van der Waals surface area contributed by atoms with Crippen molar-refractivity contribution < 1.29 is 4.79 Å². The number of carbonyl (C=O) groups is 1. The maximum Gasteiger partial charge on any atom is 0.172 e. The van der Waals surface area contributed by atoms with Crippen LogP contribution in [0.25, 0.3) is 5.69 Å². The highest BCUT2D eigenvalue weighted by molar-refractivity contribution is 7.98. The molecule has 0 radical (unpaired) electrons. The Morgan fingerprint density at radius 2 is 2.26 bits per heavy atom. The summed E-state index contributed by atoms with van der Waals surface area (Å²) in [6.07, 6.45) is 6.32. The minimum absolute atomic E-state index is 0.424. The van der Waals surface area contributed by atoms with Crippen molar-refractivity contribution in [1.82, 2.24) is 15.0 Å². The molecule has 1 aliphatic carbocycles. The van der Waals surface area contributed by atoms with Crippen molar-refractivity contribution in [3.05, 3.63) is 35.7 Å². The van der Waals surface area contributed by atoms with E-state index in [0.717, 1.165) is 30.5 Å². The van der Waals surface area contributed by atoms with Crippen LogP contribution in [0.3, 0.4) is 0 Å². The lowest BCUT2D eigenvalue weighted by Crippen LogP contribution is -2.15. The summed E-state index contributed by atoms with van der Waals surface area (Å²) >= 11 is 1.69. The largest absolute Gasteiger partial charge is 0.296 e. The zero-order valence-corrected chi connectivity index (χ0v) is 11.6. The Hall–Kier alpha value is -1.62. The predicted molar refractivity (Wildman–Crippen MR) is 75.1 cm³/mol. The first kappa shape index (κ1) is 12.4. The molecule has 0 atom stereocenters. The van der Waals surface area contributed by atoms with Crippen molar-refractivity contribution in [1.29, 1.82) is 0 Å². The number of carbonyl (C=O) groups excluding carboxylic acids is 1. The topological polar surface area (TPSA) is 47.8 Å². The number of hydrogen-bond acceptors (Lipinski definition) is 4. The molecule has 0 spiro atoms. The van der Waals surface area contributed by atoms with Gasteiger partial charge in [0, 0.05) is 10.8 Å². The second-order valence-corrected chi connectivity index (χ2v) is 5.60. The van der Waals surface area contributed by atoms with Gasteiger partial charge in [-0.05, 0) is 37.3 Å². The van der Waals surface area contributed by atoms with E-state index in [1.54, 1.807) is 11.8 Å². The van der Waals surface area contributed by atoms with E-state index in [2.05, 4.69) is 22.4 Å². The molecule has 0 aliphatic heterocycles. The van der Waals surface area contributed by atoms with Gasteiger partial charge >= 0.3 is 0 Å². The van der Waals surface area contributed by atoms with Crippen LogP contribution in [0.2, 0.25) is 0 Å². The van der Waals surface area contributed by atoms with Crippen molar-refractivity contribution in [2.75, 3.05) is 6.26 Å². The van der Waals surface area contributed by atoms with E-state index in [-0.39, 0.29) is 0 Å². The Balaban J connectivity index is 2.08. The molecule has 4 nitrogen and oxygen atoms in total. The molecule has 0 unspecified atom stereocenters. The molecule has 1 heterocycles. The van der Waals surface area contributed by atoms with Crippen molar-refractivity contribution in [3.8, 4) is 5.69 Å². The molecule has 0 bridgehead atoms. The summed E-state index contributed by atoms with van der Waals surface area (Å²) in [7, 11) is 0. The van der Waals surface area contributed by atoms with E-state index in [0.29, 0.717) is 11.6 Å². The molecule has 3 rings (SSSR count). The number of rotatable bonds is 4. The third-order valence-electron chi connectivity index (χ3n) is 3.63. The van der Waals surface area contributed by atoms with E-state index < -0.39 is 0 Å². The average molecular weight is 273 g/mol. The van der Waals surface area contributed by atoms with E-state index in [1.165, 1.54) is 11.3 Å². The average Bonchev–Trinajstić information content (AvgIpc) is 2.80. The van der Waals surface area contributed by atoms with Gasteiger partial charge in [0.25, 0.3) is 0 Å². The number of nitrogens with zero attached hydrogens (tertiary/aromatic N) is 3. The summed E-state index contributed by atoms with van der Waals surface area (Å²) in [5.41, 5.74) is 2.44. The summed E-state index contributed by atoms with van der Waals surface area (Å²) in [6.45, 7) is 0. The van der Waals surface area contributed by atoms with Gasteiger partial charge in [-0.25, -0.2) is 4.68 Å². The van der Waals surface area contributed by atoms with Gasteiger partial charge in [-0.1, -0.05) is 17.7 Å². The molecule has 1 aromatic heterocycles. The molecular formula is C14H15N3OS. The summed E-state index contributed by atoms with van der Waals surface area (Å²) in [5, 5.41) is 8.17. The summed E-state index contributed by atoms with van der Waals surface area (Å²) in [5.74, 6) is 0.424. The van der Waals surface area contributed by atoms with E-state index in [1.807, 2.05) is 23.1 Å². The summed E-state index contributed by atoms with van der Waals surface area (Å²) in [6, 6.07) is 8.16. The van der Waals surface area contributed by atoms with Crippen LogP contribution < -0.4 is 0 Å². The number of aldehydes is 1. The van der Waals surface area contributed by atoms with Gasteiger partial charge in [0.15, 0.2) is 6.29 Å². The third-order valence-corrected chi connectivity index (χ3v) is 4.36. The highest BCUT2D eigenvalue weighted by atomic mass is 32.2. The van der Waals surface area contributed by atoms with Crippen LogP contribution in [0.1, 0.15) is 41.4 Å². The van der Waals surface area contributed by atoms with Gasteiger partial charge in [0.1, 0.15) is 5.69 Å². The molecule has 1 aliphatic rings. The van der Waals surface area contributed by atoms with Gasteiger partial charge in [-0.2, -0.15) is 0 Å². The fourth-order valence-corrected chi connectivity index (χ4v) is 2.83. The Labute approximate surface area is 116 Å². The SMILES string of the molecule is CSc1cccc(-n2nnc(C=O)c2C2CCC2)c1. The molecule has 98 valence electrons. The minimum Gasteiger partial charge on any atom is -0.296 e. The smallest absolute Gasteiger partial charge is 0.172 e. The van der Waals surface area contributed by atoms with E-state index in [4.69, 9.17) is 0 Å². The maximum absolute atomic E-state index is 11.1. The quantitative estimate of drug-likeness (QED) is 0.634. The van der Waals surface area contributed by atoms with Gasteiger partial charge in [0.05, 0.1) is 11.4 Å². The molecule has 0 amide bonds. The number of aromatic nitrogens is 3. The Bertz CT molecular complexity index is 604. The van der Waals surface area contributed by atoms with E-state index in [9.17, 15) is 4.79 Å². The second-order valence-electron chi connectivity index (χ2n) is 4.72. The maximum atomic E-state index is 11.1. The monoisotopic (exact) mass is 273 g/mol. The Kier molecular flexibility index (Phi) is 3.38. The molecule has 5 heteroatoms. The normalized spacial score (nSPS) is 15.2. The highest BCUT2D eigenvalue weighted by Gasteiger charge is 2.28. The van der Waals surface area contributed by atoms with Crippen LogP contribution in [0, 0.1) is 0 Å². The molecule has 1 fully saturated rings. The zero-order chi connectivity index (χ0) is 13.2. The van der Waals surface area contributed by atoms with Crippen LogP contribution in [0.4, 0.5) is 0 Å². The fourth-order valence-electron chi connectivity index (χ4n) is 2.38. The third kappa shape index (κ3) is 2.18. The molecule has 1 aromatic carbocycles. The van der Waals surface area contributed by atoms with Crippen LogP contribution in [0.5, 0.6) is 0 Å². The standard InChI is InChI=1S/C14H15N3OS/c1-19-12-7-3-6-11(8-12)17-14(10-4-2-5-10)13(9-18)15-16-17/h3,6-10H,2,4-5H2,1H3. The highest BCUT2D eigenvalue weighted by Crippen LogP contribution is 2.38. The van der Waals surface area contributed by atoms with E-state index >= 15 is 0 Å². The number of hydrogen-bond donors (Lipinski definition) is 0. The Morgan fingerprint density at radius 1 is 1.42 bits per heavy atom. The van der Waals surface area contributed by atoms with Gasteiger partial charge in [0.2, 0.25) is 0 Å². The zero-order valence-electron chi connectivity index (χ0n) is 10.7. The molecule has 0 saturated heterocycles. The first-order valence-corrected chi connectivity index (χ1v) is 7.61. The van der Waals surface area contributed by atoms with Crippen LogP contribution in [0.15, 0.2) is 29.2 Å². The van der Waals surface area contributed by atoms with Gasteiger partial charge in [-0.3, -0.25) is 4.79 Å². The predicted octanol–water partition coefficient (Wildman–Crippen LogP) is 3.07. The molecule has 19 heavy (non-hydrogen) atoms. The minimum atomic E-state index is 0.424. The van der Waals surface area contributed by atoms with Gasteiger partial charge in [-0.15, -0.1) is 16.9 Å². The van der Waals surface area contributed by atoms with Gasteiger partial charge < -0.3 is 0 Å². The van der Waals surface area contributed by atoms with Crippen molar-refractivity contribution >= 4 is 18.0 Å². The Morgan fingerprint density at radius 3 is 2.89 bits per heavy atom. The fraction of sp³-hybridized carbons (Fsp3) is 0.357. The lowest BCUT2D eigenvalue weighted by molar-refractivity contribution is 0.111. The molecular weight excluding hydrogens is 258 g/mol. The van der Waals surface area contributed by atoms with Crippen LogP contribution in [-0.2, 0) is 0 Å². The summed E-state index contributed by atoms with van der Waals surface area (Å²) in [4.78, 5) is 12.3. The first-order chi connectivity index (χ1) is 9.33. The van der Waals surface area contributed by atoms with Crippen molar-refractivity contribution in [2.45, 2.75) is 30.1 Å². The second kappa shape index (κ2) is 5.17. The number of thioether (sulfide) groups is 1.